The number of furan rings is 1. The van der Waals surface area contributed by atoms with Crippen LogP contribution in [0.5, 0.6) is 0 Å². The van der Waals surface area contributed by atoms with E-state index in [4.69, 9.17) is 16.0 Å². The van der Waals surface area contributed by atoms with Crippen molar-refractivity contribution < 1.29 is 17.6 Å². The van der Waals surface area contributed by atoms with Crippen LogP contribution in [0.25, 0.3) is 0 Å². The van der Waals surface area contributed by atoms with Crippen LogP contribution in [0.2, 0.25) is 0 Å². The van der Waals surface area contributed by atoms with E-state index in [-0.39, 0.29) is 17.3 Å². The maximum Gasteiger partial charge on any atom is 0.287 e. The van der Waals surface area contributed by atoms with Gasteiger partial charge in [0.25, 0.3) is 5.91 Å². The molecular weight excluding hydrogens is 254 g/mol. The molecule has 1 amide bonds. The molecular formula is C9H10ClNO4S. The number of nitrogens with one attached hydrogen (secondary N) is 1. The average molecular weight is 264 g/mol. The second-order valence-electron chi connectivity index (χ2n) is 3.65. The van der Waals surface area contributed by atoms with Crippen LogP contribution in [0.1, 0.15) is 10.6 Å². The number of alkyl halides is 1. The Kier molecular flexibility index (Phi) is 2.94. The van der Waals surface area contributed by atoms with E-state index in [1.807, 2.05) is 0 Å². The minimum atomic E-state index is -3.14. The van der Waals surface area contributed by atoms with Crippen LogP contribution in [0.3, 0.4) is 0 Å². The molecule has 1 aromatic heterocycles. The number of hydrogen-bond donors (Lipinski definition) is 1. The Morgan fingerprint density at radius 3 is 2.75 bits per heavy atom. The summed E-state index contributed by atoms with van der Waals surface area (Å²) in [6, 6.07) is 2.53. The Balaban J connectivity index is 2.04. The van der Waals surface area contributed by atoms with Gasteiger partial charge < -0.3 is 9.73 Å². The summed E-state index contributed by atoms with van der Waals surface area (Å²) in [5.74, 6) is -0.517. The Bertz CT molecular complexity index is 482. The monoisotopic (exact) mass is 263 g/mol. The Labute approximate surface area is 97.7 Å². The molecule has 0 aromatic carbocycles. The van der Waals surface area contributed by atoms with Crippen LogP contribution in [0, 0.1) is 0 Å². The molecule has 2 heterocycles. The van der Waals surface area contributed by atoms with Crippen molar-refractivity contribution in [2.45, 2.75) is 11.4 Å². The lowest BCUT2D eigenvalue weighted by atomic mass is 10.2. The van der Waals surface area contributed by atoms with E-state index in [0.29, 0.717) is 0 Å². The molecule has 16 heavy (non-hydrogen) atoms. The Morgan fingerprint density at radius 2 is 2.25 bits per heavy atom. The number of sulfone groups is 1. The molecule has 0 radical (unpaired) electrons. The van der Waals surface area contributed by atoms with Gasteiger partial charge in [-0.2, -0.15) is 0 Å². The molecule has 1 N–H and O–H groups in total. The lowest BCUT2D eigenvalue weighted by Gasteiger charge is -2.12. The van der Waals surface area contributed by atoms with Gasteiger partial charge in [0.1, 0.15) is 0 Å². The lowest BCUT2D eigenvalue weighted by Crippen LogP contribution is -2.40. The average Bonchev–Trinajstić information content (AvgIpc) is 2.74. The molecule has 7 heteroatoms. The number of rotatable bonds is 2. The van der Waals surface area contributed by atoms with Crippen molar-refractivity contribution in [3.8, 4) is 0 Å². The predicted molar refractivity (Wildman–Crippen MR) is 58.3 cm³/mol. The first kappa shape index (κ1) is 11.5. The third-order valence-corrected chi connectivity index (χ3v) is 4.72. The Morgan fingerprint density at radius 1 is 1.50 bits per heavy atom. The fraction of sp³-hybridized carbons (Fsp3) is 0.444. The van der Waals surface area contributed by atoms with E-state index in [1.54, 1.807) is 6.07 Å². The highest BCUT2D eigenvalue weighted by molar-refractivity contribution is 7.91. The zero-order valence-corrected chi connectivity index (χ0v) is 9.79. The summed E-state index contributed by atoms with van der Waals surface area (Å²) in [5.41, 5.74) is 0. The zero-order chi connectivity index (χ0) is 11.8. The van der Waals surface area contributed by atoms with Crippen LogP contribution in [0.4, 0.5) is 0 Å². The SMILES string of the molecule is O=C(NC1CS(=O)(=O)CC1Cl)c1ccco1. The second kappa shape index (κ2) is 4.10. The first-order valence-electron chi connectivity index (χ1n) is 4.67. The molecule has 0 spiro atoms. The molecule has 2 rings (SSSR count). The fourth-order valence-corrected chi connectivity index (χ4v) is 4.13. The predicted octanol–water partition coefficient (Wildman–Crippen LogP) is 0.414. The van der Waals surface area contributed by atoms with Gasteiger partial charge in [-0.25, -0.2) is 8.42 Å². The lowest BCUT2D eigenvalue weighted by molar-refractivity contribution is 0.0913. The van der Waals surface area contributed by atoms with Crippen LogP contribution in [-0.4, -0.2) is 37.2 Å². The quantitative estimate of drug-likeness (QED) is 0.785. The first-order valence-corrected chi connectivity index (χ1v) is 6.92. The van der Waals surface area contributed by atoms with Crippen molar-refractivity contribution in [1.82, 2.24) is 5.32 Å². The summed E-state index contributed by atoms with van der Waals surface area (Å²) in [7, 11) is -3.14. The van der Waals surface area contributed by atoms with Crippen molar-refractivity contribution in [3.05, 3.63) is 24.2 Å². The molecule has 0 bridgehead atoms. The third-order valence-electron chi connectivity index (χ3n) is 2.34. The summed E-state index contributed by atoms with van der Waals surface area (Å²) in [6.45, 7) is 0. The van der Waals surface area contributed by atoms with Crippen LogP contribution < -0.4 is 5.32 Å². The van der Waals surface area contributed by atoms with Gasteiger partial charge in [-0.3, -0.25) is 4.79 Å². The Hall–Kier alpha value is -1.01. The summed E-state index contributed by atoms with van der Waals surface area (Å²) < 4.78 is 27.4. The summed E-state index contributed by atoms with van der Waals surface area (Å²) in [6.07, 6.45) is 1.37. The second-order valence-corrected chi connectivity index (χ2v) is 6.36. The van der Waals surface area contributed by atoms with Crippen molar-refractivity contribution in [2.24, 2.45) is 0 Å². The molecule has 1 aromatic rings. The van der Waals surface area contributed by atoms with Crippen LogP contribution >= 0.6 is 11.6 Å². The van der Waals surface area contributed by atoms with Crippen molar-refractivity contribution in [1.29, 1.82) is 0 Å². The van der Waals surface area contributed by atoms with E-state index >= 15 is 0 Å². The highest BCUT2D eigenvalue weighted by Crippen LogP contribution is 2.18. The van der Waals surface area contributed by atoms with Crippen molar-refractivity contribution >= 4 is 27.3 Å². The van der Waals surface area contributed by atoms with Gasteiger partial charge in [-0.05, 0) is 12.1 Å². The highest BCUT2D eigenvalue weighted by atomic mass is 35.5. The van der Waals surface area contributed by atoms with Crippen molar-refractivity contribution in [2.75, 3.05) is 11.5 Å². The molecule has 1 aliphatic rings. The molecule has 0 aliphatic carbocycles. The normalized spacial score (nSPS) is 27.8. The van der Waals surface area contributed by atoms with Gasteiger partial charge in [0.15, 0.2) is 15.6 Å². The maximum atomic E-state index is 11.6. The minimum Gasteiger partial charge on any atom is -0.459 e. The molecule has 1 saturated heterocycles. The fourth-order valence-electron chi connectivity index (χ4n) is 1.58. The molecule has 2 atom stereocenters. The van der Waals surface area contributed by atoms with Crippen LogP contribution in [0.15, 0.2) is 22.8 Å². The van der Waals surface area contributed by atoms with Gasteiger partial charge in [0.2, 0.25) is 0 Å². The highest BCUT2D eigenvalue weighted by Gasteiger charge is 2.37. The first-order chi connectivity index (χ1) is 7.48. The summed E-state index contributed by atoms with van der Waals surface area (Å²) in [4.78, 5) is 11.6. The molecule has 0 saturated carbocycles. The van der Waals surface area contributed by atoms with E-state index in [2.05, 4.69) is 5.32 Å². The maximum absolute atomic E-state index is 11.6. The number of carbonyl (C=O) groups excluding carboxylic acids is 1. The number of halogens is 1. The number of carbonyl (C=O) groups is 1. The summed E-state index contributed by atoms with van der Waals surface area (Å²) in [5, 5.41) is 1.96. The number of hydrogen-bond acceptors (Lipinski definition) is 4. The number of amides is 1. The smallest absolute Gasteiger partial charge is 0.287 e. The van der Waals surface area contributed by atoms with Gasteiger partial charge in [-0.15, -0.1) is 11.6 Å². The zero-order valence-electron chi connectivity index (χ0n) is 8.22. The molecule has 1 fully saturated rings. The molecule has 2 unspecified atom stereocenters. The molecule has 5 nitrogen and oxygen atoms in total. The standard InChI is InChI=1S/C9H10ClNO4S/c10-6-4-16(13,14)5-7(6)11-9(12)8-2-1-3-15-8/h1-3,6-7H,4-5H2,(H,11,12). The van der Waals surface area contributed by atoms with Gasteiger partial charge in [0.05, 0.1) is 29.2 Å². The third kappa shape index (κ3) is 2.38. The van der Waals surface area contributed by atoms with E-state index in [1.165, 1.54) is 12.3 Å². The van der Waals surface area contributed by atoms with E-state index in [0.717, 1.165) is 0 Å². The summed E-state index contributed by atoms with van der Waals surface area (Å²) >= 11 is 5.84. The van der Waals surface area contributed by atoms with E-state index in [9.17, 15) is 13.2 Å². The topological polar surface area (TPSA) is 76.4 Å². The molecule has 88 valence electrons. The van der Waals surface area contributed by atoms with Gasteiger partial charge in [0, 0.05) is 0 Å². The molecule has 1 aliphatic heterocycles. The van der Waals surface area contributed by atoms with Crippen molar-refractivity contribution in [3.63, 3.8) is 0 Å². The largest absolute Gasteiger partial charge is 0.459 e. The van der Waals surface area contributed by atoms with E-state index < -0.39 is 27.2 Å². The minimum absolute atomic E-state index is 0.0995. The van der Waals surface area contributed by atoms with Crippen LogP contribution in [-0.2, 0) is 9.84 Å². The van der Waals surface area contributed by atoms with Gasteiger partial charge in [-0.1, -0.05) is 0 Å². The van der Waals surface area contributed by atoms with Gasteiger partial charge >= 0.3 is 0 Å².